The van der Waals surface area contributed by atoms with Gasteiger partial charge in [-0.1, -0.05) is 6.92 Å². The van der Waals surface area contributed by atoms with Crippen molar-refractivity contribution >= 4 is 11.8 Å². The van der Waals surface area contributed by atoms with E-state index in [1.807, 2.05) is 24.3 Å². The Bertz CT molecular complexity index is 491. The Morgan fingerprint density at radius 3 is 2.39 bits per heavy atom. The van der Waals surface area contributed by atoms with Crippen LogP contribution in [0.15, 0.2) is 34.3 Å². The minimum absolute atomic E-state index is 0.308. The van der Waals surface area contributed by atoms with Gasteiger partial charge in [-0.05, 0) is 30.7 Å². The quantitative estimate of drug-likeness (QED) is 0.816. The normalized spacial score (nSPS) is 22.2. The van der Waals surface area contributed by atoms with Gasteiger partial charge in [-0.25, -0.2) is 9.98 Å². The van der Waals surface area contributed by atoms with Gasteiger partial charge in [-0.2, -0.15) is 0 Å². The van der Waals surface area contributed by atoms with E-state index in [1.165, 1.54) is 0 Å². The Kier molecular flexibility index (Phi) is 3.00. The van der Waals surface area contributed by atoms with Crippen LogP contribution in [-0.4, -0.2) is 37.6 Å². The summed E-state index contributed by atoms with van der Waals surface area (Å²) in [5, 5.41) is 0. The molecule has 18 heavy (non-hydrogen) atoms. The van der Waals surface area contributed by atoms with E-state index in [9.17, 15) is 0 Å². The van der Waals surface area contributed by atoms with Gasteiger partial charge >= 0.3 is 0 Å². The monoisotopic (exact) mass is 244 g/mol. The second-order valence-corrected chi connectivity index (χ2v) is 4.42. The van der Waals surface area contributed by atoms with Gasteiger partial charge < -0.3 is 9.47 Å². The maximum absolute atomic E-state index is 5.60. The molecule has 0 saturated heterocycles. The fourth-order valence-electron chi connectivity index (χ4n) is 2.05. The molecule has 1 unspecified atom stereocenters. The predicted molar refractivity (Wildman–Crippen MR) is 70.4 cm³/mol. The van der Waals surface area contributed by atoms with Crippen LogP contribution in [0.5, 0.6) is 0 Å². The van der Waals surface area contributed by atoms with Gasteiger partial charge in [0.25, 0.3) is 0 Å². The van der Waals surface area contributed by atoms with Crippen LogP contribution in [0.4, 0.5) is 0 Å². The maximum atomic E-state index is 5.60. The highest BCUT2D eigenvalue weighted by atomic mass is 16.5. The molecule has 0 N–H and O–H groups in total. The highest BCUT2D eigenvalue weighted by Crippen LogP contribution is 2.16. The molecule has 0 aliphatic carbocycles. The smallest absolute Gasteiger partial charge is 0.216 e. The van der Waals surface area contributed by atoms with E-state index in [0.29, 0.717) is 19.3 Å². The molecule has 2 aliphatic heterocycles. The zero-order valence-corrected chi connectivity index (χ0v) is 10.4. The molecule has 4 heteroatoms. The predicted octanol–water partition coefficient (Wildman–Crippen LogP) is 2.02. The third-order valence-corrected chi connectivity index (χ3v) is 3.15. The van der Waals surface area contributed by atoms with Crippen molar-refractivity contribution in [1.82, 2.24) is 0 Å². The van der Waals surface area contributed by atoms with Crippen LogP contribution in [-0.2, 0) is 9.47 Å². The Hall–Kier alpha value is -1.84. The average molecular weight is 244 g/mol. The summed E-state index contributed by atoms with van der Waals surface area (Å²) in [5.74, 6) is 1.49. The molecule has 0 fully saturated rings. The lowest BCUT2D eigenvalue weighted by Gasteiger charge is -2.04. The number of benzene rings is 1. The molecule has 2 heterocycles. The second kappa shape index (κ2) is 4.80. The first-order valence-electron chi connectivity index (χ1n) is 6.35. The largest absolute Gasteiger partial charge is 0.476 e. The minimum Gasteiger partial charge on any atom is -0.476 e. The van der Waals surface area contributed by atoms with E-state index in [2.05, 4.69) is 16.9 Å². The van der Waals surface area contributed by atoms with Crippen LogP contribution in [0.3, 0.4) is 0 Å². The van der Waals surface area contributed by atoms with Crippen LogP contribution in [0.2, 0.25) is 0 Å². The molecular formula is C14H16N2O2. The van der Waals surface area contributed by atoms with Crippen LogP contribution in [0.25, 0.3) is 0 Å². The van der Waals surface area contributed by atoms with E-state index < -0.39 is 0 Å². The fraction of sp³-hybridized carbons (Fsp3) is 0.429. The van der Waals surface area contributed by atoms with Crippen molar-refractivity contribution in [2.45, 2.75) is 19.4 Å². The summed E-state index contributed by atoms with van der Waals surface area (Å²) in [4.78, 5) is 8.83. The van der Waals surface area contributed by atoms with E-state index in [4.69, 9.17) is 9.47 Å². The standard InChI is InChI=1S/C14H16N2O2/c1-2-12-9-18-14(16-12)11-5-3-10(4-6-11)13-15-7-8-17-13/h3-6,12H,2,7-9H2,1H3. The summed E-state index contributed by atoms with van der Waals surface area (Å²) in [6.45, 7) is 4.26. The van der Waals surface area contributed by atoms with E-state index in [1.54, 1.807) is 0 Å². The molecule has 3 rings (SSSR count). The molecule has 0 bridgehead atoms. The highest BCUT2D eigenvalue weighted by Gasteiger charge is 2.18. The molecule has 0 radical (unpaired) electrons. The van der Waals surface area contributed by atoms with Gasteiger partial charge in [-0.3, -0.25) is 0 Å². The van der Waals surface area contributed by atoms with Crippen molar-refractivity contribution < 1.29 is 9.47 Å². The molecule has 0 saturated carbocycles. The first-order valence-corrected chi connectivity index (χ1v) is 6.35. The van der Waals surface area contributed by atoms with Gasteiger partial charge in [0.05, 0.1) is 12.6 Å². The van der Waals surface area contributed by atoms with E-state index in [-0.39, 0.29) is 0 Å². The van der Waals surface area contributed by atoms with Crippen LogP contribution < -0.4 is 0 Å². The zero-order chi connectivity index (χ0) is 12.4. The number of ether oxygens (including phenoxy) is 2. The van der Waals surface area contributed by atoms with Crippen molar-refractivity contribution in [3.05, 3.63) is 35.4 Å². The summed E-state index contributed by atoms with van der Waals surface area (Å²) in [6, 6.07) is 8.34. The second-order valence-electron chi connectivity index (χ2n) is 4.42. The number of nitrogens with zero attached hydrogens (tertiary/aromatic N) is 2. The number of hydrogen-bond acceptors (Lipinski definition) is 4. The van der Waals surface area contributed by atoms with Gasteiger partial charge in [0.15, 0.2) is 0 Å². The Labute approximate surface area is 106 Å². The summed E-state index contributed by atoms with van der Waals surface area (Å²) < 4.78 is 11.0. The first kappa shape index (κ1) is 11.3. The van der Waals surface area contributed by atoms with E-state index >= 15 is 0 Å². The third kappa shape index (κ3) is 2.10. The van der Waals surface area contributed by atoms with Gasteiger partial charge in [-0.15, -0.1) is 0 Å². The molecule has 94 valence electrons. The van der Waals surface area contributed by atoms with Gasteiger partial charge in [0.1, 0.15) is 13.2 Å². The molecule has 1 aromatic carbocycles. The highest BCUT2D eigenvalue weighted by molar-refractivity contribution is 5.98. The molecule has 0 aromatic heterocycles. The lowest BCUT2D eigenvalue weighted by Crippen LogP contribution is -2.05. The van der Waals surface area contributed by atoms with Crippen LogP contribution in [0, 0.1) is 0 Å². The minimum atomic E-state index is 0.308. The molecule has 2 aliphatic rings. The van der Waals surface area contributed by atoms with E-state index in [0.717, 1.165) is 35.9 Å². The topological polar surface area (TPSA) is 43.2 Å². The molecular weight excluding hydrogens is 228 g/mol. The Morgan fingerprint density at radius 2 is 1.83 bits per heavy atom. The summed E-state index contributed by atoms with van der Waals surface area (Å²) in [7, 11) is 0. The molecule has 4 nitrogen and oxygen atoms in total. The van der Waals surface area contributed by atoms with Crippen molar-refractivity contribution in [2.24, 2.45) is 9.98 Å². The molecule has 1 atom stereocenters. The van der Waals surface area contributed by atoms with Crippen molar-refractivity contribution in [1.29, 1.82) is 0 Å². The van der Waals surface area contributed by atoms with Crippen molar-refractivity contribution in [3.8, 4) is 0 Å². The van der Waals surface area contributed by atoms with Crippen molar-refractivity contribution in [2.75, 3.05) is 19.8 Å². The first-order chi connectivity index (χ1) is 8.86. The molecule has 1 aromatic rings. The van der Waals surface area contributed by atoms with Crippen LogP contribution in [0.1, 0.15) is 24.5 Å². The SMILES string of the molecule is CCC1COC(c2ccc(C3=NCCO3)cc2)=N1. The maximum Gasteiger partial charge on any atom is 0.216 e. The number of rotatable bonds is 3. The van der Waals surface area contributed by atoms with Crippen LogP contribution >= 0.6 is 0 Å². The molecule has 0 spiro atoms. The van der Waals surface area contributed by atoms with Crippen molar-refractivity contribution in [3.63, 3.8) is 0 Å². The summed E-state index contributed by atoms with van der Waals surface area (Å²) in [5.41, 5.74) is 2.04. The number of aliphatic imine (C=N–C) groups is 2. The van der Waals surface area contributed by atoms with Gasteiger partial charge in [0.2, 0.25) is 11.8 Å². The summed E-state index contributed by atoms with van der Waals surface area (Å²) in [6.07, 6.45) is 1.02. The Morgan fingerprint density at radius 1 is 1.11 bits per heavy atom. The average Bonchev–Trinajstić information content (AvgIpc) is 3.10. The van der Waals surface area contributed by atoms with Gasteiger partial charge in [0, 0.05) is 11.1 Å². The molecule has 0 amide bonds. The number of hydrogen-bond donors (Lipinski definition) is 0. The lowest BCUT2D eigenvalue weighted by molar-refractivity contribution is 0.315. The Balaban J connectivity index is 1.79. The third-order valence-electron chi connectivity index (χ3n) is 3.15. The fourth-order valence-corrected chi connectivity index (χ4v) is 2.05. The summed E-state index contributed by atoms with van der Waals surface area (Å²) >= 11 is 0. The zero-order valence-electron chi connectivity index (χ0n) is 10.4. The lowest BCUT2D eigenvalue weighted by atomic mass is 10.1.